The lowest BCUT2D eigenvalue weighted by Crippen LogP contribution is -2.28. The summed E-state index contributed by atoms with van der Waals surface area (Å²) < 4.78 is 7.07. The second kappa shape index (κ2) is 8.58. The molecule has 2 aromatic carbocycles. The van der Waals surface area contributed by atoms with E-state index in [4.69, 9.17) is 4.42 Å². The van der Waals surface area contributed by atoms with E-state index in [-0.39, 0.29) is 23.6 Å². The van der Waals surface area contributed by atoms with Gasteiger partial charge in [-0.3, -0.25) is 24.0 Å². The van der Waals surface area contributed by atoms with Crippen LogP contribution in [-0.4, -0.2) is 32.4 Å². The van der Waals surface area contributed by atoms with Crippen LogP contribution < -0.4 is 5.32 Å². The molecule has 1 N–H and O–H groups in total. The number of nitrogens with one attached hydrogen (secondary N) is 1. The normalized spacial score (nSPS) is 12.8. The minimum absolute atomic E-state index is 0.0495. The summed E-state index contributed by atoms with van der Waals surface area (Å²) in [7, 11) is 0. The summed E-state index contributed by atoms with van der Waals surface area (Å²) in [6.45, 7) is 0.971. The van der Waals surface area contributed by atoms with Crippen LogP contribution in [0.3, 0.4) is 0 Å². The highest BCUT2D eigenvalue weighted by Crippen LogP contribution is 2.26. The van der Waals surface area contributed by atoms with E-state index in [1.807, 2.05) is 41.2 Å². The zero-order valence-electron chi connectivity index (χ0n) is 17.6. The van der Waals surface area contributed by atoms with Crippen molar-refractivity contribution in [1.82, 2.24) is 20.0 Å². The van der Waals surface area contributed by atoms with Gasteiger partial charge < -0.3 is 9.73 Å². The summed E-state index contributed by atoms with van der Waals surface area (Å²) in [5.74, 6) is -0.649. The fourth-order valence-electron chi connectivity index (χ4n) is 3.86. The molecule has 3 amide bonds. The lowest BCUT2D eigenvalue weighted by atomic mass is 10.0. The summed E-state index contributed by atoms with van der Waals surface area (Å²) in [4.78, 5) is 39.4. The third kappa shape index (κ3) is 4.06. The standard InChI is InChI=1S/C25H20N4O4/c30-23(26-14-18-5-1-2-6-19(18)15-28-11-4-10-27-28)17-8-9-21-22(13-17)25(32)29(24(21)31)16-20-7-3-12-33-20/h1-13H,14-16H2,(H,26,30). The van der Waals surface area contributed by atoms with Gasteiger partial charge in [0.1, 0.15) is 5.76 Å². The van der Waals surface area contributed by atoms with Crippen LogP contribution in [0.25, 0.3) is 0 Å². The van der Waals surface area contributed by atoms with E-state index >= 15 is 0 Å². The molecule has 0 unspecified atom stereocenters. The summed E-state index contributed by atoms with van der Waals surface area (Å²) in [6, 6.07) is 17.6. The third-order valence-electron chi connectivity index (χ3n) is 5.58. The summed E-state index contributed by atoms with van der Waals surface area (Å²) in [6.07, 6.45) is 5.09. The Balaban J connectivity index is 1.29. The molecule has 0 bridgehead atoms. The van der Waals surface area contributed by atoms with Gasteiger partial charge in [-0.1, -0.05) is 24.3 Å². The molecule has 0 saturated carbocycles. The summed E-state index contributed by atoms with van der Waals surface area (Å²) in [5, 5.41) is 7.14. The van der Waals surface area contributed by atoms with Crippen molar-refractivity contribution in [2.75, 3.05) is 0 Å². The molecule has 1 aliphatic heterocycles. The minimum Gasteiger partial charge on any atom is -0.467 e. The second-order valence-corrected chi connectivity index (χ2v) is 7.69. The highest BCUT2D eigenvalue weighted by molar-refractivity contribution is 6.22. The molecule has 4 aromatic rings. The molecule has 5 rings (SSSR count). The molecular formula is C25H20N4O4. The van der Waals surface area contributed by atoms with E-state index in [1.54, 1.807) is 24.4 Å². The van der Waals surface area contributed by atoms with Crippen LogP contribution in [0, 0.1) is 0 Å². The molecule has 0 saturated heterocycles. The van der Waals surface area contributed by atoms with Crippen molar-refractivity contribution in [3.05, 3.63) is 113 Å². The largest absolute Gasteiger partial charge is 0.467 e. The molecule has 0 atom stereocenters. The number of carbonyl (C=O) groups excluding carboxylic acids is 3. The molecule has 3 heterocycles. The summed E-state index contributed by atoms with van der Waals surface area (Å²) in [5.41, 5.74) is 2.84. The maximum Gasteiger partial charge on any atom is 0.261 e. The third-order valence-corrected chi connectivity index (χ3v) is 5.58. The fourth-order valence-corrected chi connectivity index (χ4v) is 3.86. The average molecular weight is 440 g/mol. The number of rotatable bonds is 7. The second-order valence-electron chi connectivity index (χ2n) is 7.69. The smallest absolute Gasteiger partial charge is 0.261 e. The first kappa shape index (κ1) is 20.4. The van der Waals surface area contributed by atoms with Crippen molar-refractivity contribution in [2.45, 2.75) is 19.6 Å². The molecule has 1 aliphatic rings. The Bertz CT molecular complexity index is 1330. The monoisotopic (exact) mass is 440 g/mol. The molecule has 164 valence electrons. The van der Waals surface area contributed by atoms with Gasteiger partial charge in [-0.2, -0.15) is 5.10 Å². The Labute approximate surface area is 189 Å². The maximum atomic E-state index is 12.8. The number of benzene rings is 2. The lowest BCUT2D eigenvalue weighted by molar-refractivity contribution is 0.0631. The molecule has 2 aromatic heterocycles. The molecule has 0 aliphatic carbocycles. The van der Waals surface area contributed by atoms with Crippen molar-refractivity contribution < 1.29 is 18.8 Å². The lowest BCUT2D eigenvalue weighted by Gasteiger charge is -2.11. The number of furan rings is 1. The Morgan fingerprint density at radius 2 is 1.73 bits per heavy atom. The highest BCUT2D eigenvalue weighted by atomic mass is 16.3. The number of hydrogen-bond donors (Lipinski definition) is 1. The van der Waals surface area contributed by atoms with Crippen molar-refractivity contribution in [3.8, 4) is 0 Å². The van der Waals surface area contributed by atoms with E-state index in [9.17, 15) is 14.4 Å². The molecule has 0 radical (unpaired) electrons. The van der Waals surface area contributed by atoms with E-state index < -0.39 is 11.8 Å². The highest BCUT2D eigenvalue weighted by Gasteiger charge is 2.36. The zero-order chi connectivity index (χ0) is 22.8. The average Bonchev–Trinajstić information content (AvgIpc) is 3.58. The topological polar surface area (TPSA) is 97.4 Å². The van der Waals surface area contributed by atoms with Crippen LogP contribution >= 0.6 is 0 Å². The number of nitrogens with zero attached hydrogens (tertiary/aromatic N) is 3. The number of fused-ring (bicyclic) bond motifs is 1. The Morgan fingerprint density at radius 1 is 0.909 bits per heavy atom. The van der Waals surface area contributed by atoms with Gasteiger partial charge in [-0.05, 0) is 47.5 Å². The molecule has 8 nitrogen and oxygen atoms in total. The van der Waals surface area contributed by atoms with E-state index in [0.29, 0.717) is 24.4 Å². The summed E-state index contributed by atoms with van der Waals surface area (Å²) >= 11 is 0. The van der Waals surface area contributed by atoms with Gasteiger partial charge in [0.05, 0.1) is 30.5 Å². The van der Waals surface area contributed by atoms with Crippen LogP contribution in [0.2, 0.25) is 0 Å². The zero-order valence-corrected chi connectivity index (χ0v) is 17.6. The van der Waals surface area contributed by atoms with E-state index in [2.05, 4.69) is 10.4 Å². The van der Waals surface area contributed by atoms with Crippen molar-refractivity contribution in [3.63, 3.8) is 0 Å². The Kier molecular flexibility index (Phi) is 5.32. The van der Waals surface area contributed by atoms with Gasteiger partial charge in [-0.15, -0.1) is 0 Å². The van der Waals surface area contributed by atoms with E-state index in [1.165, 1.54) is 18.4 Å². The van der Waals surface area contributed by atoms with Crippen molar-refractivity contribution >= 4 is 17.7 Å². The van der Waals surface area contributed by atoms with Gasteiger partial charge in [0.2, 0.25) is 0 Å². The SMILES string of the molecule is O=C(NCc1ccccc1Cn1cccn1)c1ccc2c(c1)C(=O)N(Cc1ccco1)C2=O. The fraction of sp³-hybridized carbons (Fsp3) is 0.120. The van der Waals surface area contributed by atoms with Gasteiger partial charge in [0, 0.05) is 24.5 Å². The molecular weight excluding hydrogens is 420 g/mol. The number of hydrogen-bond acceptors (Lipinski definition) is 5. The first-order valence-electron chi connectivity index (χ1n) is 10.4. The first-order valence-corrected chi connectivity index (χ1v) is 10.4. The number of amides is 3. The first-order chi connectivity index (χ1) is 16.1. The van der Waals surface area contributed by atoms with Crippen molar-refractivity contribution in [2.24, 2.45) is 0 Å². The predicted octanol–water partition coefficient (Wildman–Crippen LogP) is 3.25. The predicted molar refractivity (Wildman–Crippen MR) is 118 cm³/mol. The van der Waals surface area contributed by atoms with Gasteiger partial charge in [0.25, 0.3) is 17.7 Å². The van der Waals surface area contributed by atoms with Crippen LogP contribution in [-0.2, 0) is 19.6 Å². The van der Waals surface area contributed by atoms with Crippen LogP contribution in [0.1, 0.15) is 48.0 Å². The van der Waals surface area contributed by atoms with Crippen molar-refractivity contribution in [1.29, 1.82) is 0 Å². The Morgan fingerprint density at radius 3 is 2.48 bits per heavy atom. The molecule has 0 spiro atoms. The molecule has 8 heteroatoms. The van der Waals surface area contributed by atoms with Gasteiger partial charge in [0.15, 0.2) is 0 Å². The number of imide groups is 1. The minimum atomic E-state index is -0.439. The van der Waals surface area contributed by atoms with Crippen LogP contribution in [0.4, 0.5) is 0 Å². The number of aromatic nitrogens is 2. The van der Waals surface area contributed by atoms with Crippen LogP contribution in [0.15, 0.2) is 83.7 Å². The quantitative estimate of drug-likeness (QED) is 0.445. The Hall–Kier alpha value is -4.46. The number of carbonyl (C=O) groups is 3. The maximum absolute atomic E-state index is 12.8. The molecule has 33 heavy (non-hydrogen) atoms. The molecule has 0 fully saturated rings. The van der Waals surface area contributed by atoms with Gasteiger partial charge in [-0.25, -0.2) is 0 Å². The van der Waals surface area contributed by atoms with Crippen LogP contribution in [0.5, 0.6) is 0 Å². The van der Waals surface area contributed by atoms with Gasteiger partial charge >= 0.3 is 0 Å². The van der Waals surface area contributed by atoms with E-state index in [0.717, 1.165) is 16.0 Å².